The Morgan fingerprint density at radius 2 is 1.09 bits per heavy atom. The van der Waals surface area contributed by atoms with Gasteiger partial charge in [0, 0.05) is 0 Å². The second-order valence-electron chi connectivity index (χ2n) is 8.22. The second-order valence-corrected chi connectivity index (χ2v) is 8.22. The second kappa shape index (κ2) is 9.80. The Labute approximate surface area is 185 Å². The summed E-state index contributed by atoms with van der Waals surface area (Å²) in [7, 11) is 0. The van der Waals surface area contributed by atoms with Crippen LogP contribution in [0.2, 0.25) is 0 Å². The number of carbonyl (C=O) groups is 4. The summed E-state index contributed by atoms with van der Waals surface area (Å²) in [6, 6.07) is 5.20. The zero-order valence-electron chi connectivity index (χ0n) is 17.6. The fourth-order valence-electron chi connectivity index (χ4n) is 4.09. The molecule has 0 aromatic heterocycles. The molecule has 1 saturated carbocycles. The molecule has 8 nitrogen and oxygen atoms in total. The molecule has 5 rings (SSSR count). The predicted octanol–water partition coefficient (Wildman–Crippen LogP) is 3.97. The Morgan fingerprint density at radius 1 is 0.719 bits per heavy atom. The van der Waals surface area contributed by atoms with Crippen molar-refractivity contribution in [1.82, 2.24) is 0 Å². The van der Waals surface area contributed by atoms with Crippen LogP contribution in [0.15, 0.2) is 48.6 Å². The Hall–Kier alpha value is -3.42. The van der Waals surface area contributed by atoms with Gasteiger partial charge in [0.25, 0.3) is 0 Å². The first-order chi connectivity index (χ1) is 15.3. The van der Waals surface area contributed by atoms with E-state index in [1.165, 1.54) is 56.7 Å². The van der Waals surface area contributed by atoms with Crippen LogP contribution in [0.1, 0.15) is 65.7 Å². The number of hydrogen-bond donors (Lipinski definition) is 2. The largest absolute Gasteiger partial charge is 0.478 e. The first kappa shape index (κ1) is 23.2. The Kier molecular flexibility index (Phi) is 7.12. The quantitative estimate of drug-likeness (QED) is 0.520. The molecule has 1 heterocycles. The zero-order valence-corrected chi connectivity index (χ0v) is 17.6. The molecule has 2 N–H and O–H groups in total. The van der Waals surface area contributed by atoms with Crippen molar-refractivity contribution in [3.8, 4) is 0 Å². The molecule has 1 aromatic carbocycles. The molecule has 1 aliphatic heterocycles. The molecule has 0 spiro atoms. The van der Waals surface area contributed by atoms with E-state index in [4.69, 9.17) is 19.7 Å². The van der Waals surface area contributed by atoms with Crippen molar-refractivity contribution in [3.63, 3.8) is 0 Å². The van der Waals surface area contributed by atoms with Crippen LogP contribution in [0.5, 0.6) is 0 Å². The smallest absolute Gasteiger partial charge is 0.335 e. The molecule has 0 unspecified atom stereocenters. The van der Waals surface area contributed by atoms with Gasteiger partial charge >= 0.3 is 23.9 Å². The lowest BCUT2D eigenvalue weighted by Crippen LogP contribution is -2.34. The number of benzene rings is 1. The molecule has 0 atom stereocenters. The van der Waals surface area contributed by atoms with E-state index in [0.717, 1.165) is 6.07 Å². The highest BCUT2D eigenvalue weighted by atomic mass is 16.7. The van der Waals surface area contributed by atoms with Gasteiger partial charge in [0.2, 0.25) is 6.79 Å². The molecule has 8 heteroatoms. The van der Waals surface area contributed by atoms with Crippen LogP contribution in [0.3, 0.4) is 0 Å². The van der Waals surface area contributed by atoms with E-state index in [0.29, 0.717) is 6.42 Å². The van der Waals surface area contributed by atoms with Gasteiger partial charge in [-0.05, 0) is 24.6 Å². The normalized spacial score (nSPS) is 26.9. The van der Waals surface area contributed by atoms with Crippen molar-refractivity contribution in [2.24, 2.45) is 10.8 Å². The van der Waals surface area contributed by atoms with Gasteiger partial charge in [0.05, 0.1) is 11.1 Å². The number of ether oxygens (including phenoxy) is 2. The third-order valence-corrected chi connectivity index (χ3v) is 5.94. The van der Waals surface area contributed by atoms with Crippen molar-refractivity contribution in [2.75, 3.05) is 6.79 Å². The van der Waals surface area contributed by atoms with Gasteiger partial charge in [-0.25, -0.2) is 9.59 Å². The standard InChI is InChI=1S/C10H8O4.C8H6O4.C6H12/c11-7-9-1-2-10(5-9,4-3-9)8(12)14-6-13-7;9-7(10)5-2-1-3-6(4-5)8(11)12;1-2-4-6-5-3-1/h1-4H,5-6H2;1-4H,(H,9,10)(H,11,12);1-6H2. The summed E-state index contributed by atoms with van der Waals surface area (Å²) in [5.41, 5.74) is -1.45. The molecule has 2 bridgehead atoms. The van der Waals surface area contributed by atoms with Crippen LogP contribution in [0.4, 0.5) is 0 Å². The van der Waals surface area contributed by atoms with Gasteiger partial charge in [-0.3, -0.25) is 9.59 Å². The molecule has 0 radical (unpaired) electrons. The van der Waals surface area contributed by atoms with Crippen LogP contribution < -0.4 is 0 Å². The summed E-state index contributed by atoms with van der Waals surface area (Å²) in [5, 5.41) is 17.0. The van der Waals surface area contributed by atoms with Gasteiger partial charge < -0.3 is 19.7 Å². The topological polar surface area (TPSA) is 127 Å². The Balaban J connectivity index is 0.000000146. The first-order valence-electron chi connectivity index (χ1n) is 10.6. The zero-order chi connectivity index (χ0) is 23.2. The third-order valence-electron chi connectivity index (χ3n) is 5.94. The van der Waals surface area contributed by atoms with Crippen LogP contribution >= 0.6 is 0 Å². The highest BCUT2D eigenvalue weighted by Crippen LogP contribution is 2.53. The number of rotatable bonds is 2. The van der Waals surface area contributed by atoms with E-state index in [2.05, 4.69) is 0 Å². The van der Waals surface area contributed by atoms with Crippen LogP contribution in [-0.2, 0) is 19.1 Å². The lowest BCUT2D eigenvalue weighted by molar-refractivity contribution is -0.179. The highest BCUT2D eigenvalue weighted by Gasteiger charge is 2.57. The number of carboxylic acids is 2. The third kappa shape index (κ3) is 5.07. The SMILES string of the molecule is C1CCCCC1.O=C(O)c1cccc(C(=O)O)c1.O=C1OCOC(=O)C23C=CC1(C=C2)C3. The molecule has 1 saturated heterocycles. The number of carboxylic acid groups (broad SMARTS) is 2. The fraction of sp³-hybridized carbons (Fsp3) is 0.417. The molecule has 3 aliphatic carbocycles. The van der Waals surface area contributed by atoms with Crippen molar-refractivity contribution < 1.29 is 38.9 Å². The molecular weight excluding hydrogens is 416 g/mol. The monoisotopic (exact) mass is 442 g/mol. The maximum absolute atomic E-state index is 11.6. The number of cyclic esters (lactones) is 2. The summed E-state index contributed by atoms with van der Waals surface area (Å²) in [6.07, 6.45) is 16.4. The van der Waals surface area contributed by atoms with Crippen molar-refractivity contribution in [3.05, 3.63) is 59.7 Å². The van der Waals surface area contributed by atoms with E-state index in [9.17, 15) is 19.2 Å². The first-order valence-corrected chi connectivity index (χ1v) is 10.6. The van der Waals surface area contributed by atoms with Gasteiger partial charge in [0.1, 0.15) is 10.8 Å². The molecule has 1 aromatic rings. The summed E-state index contributed by atoms with van der Waals surface area (Å²) < 4.78 is 9.63. The fourth-order valence-corrected chi connectivity index (χ4v) is 4.09. The molecule has 0 amide bonds. The van der Waals surface area contributed by atoms with Crippen LogP contribution in [0.25, 0.3) is 0 Å². The van der Waals surface area contributed by atoms with E-state index in [1.807, 2.05) is 0 Å². The maximum atomic E-state index is 11.6. The predicted molar refractivity (Wildman–Crippen MR) is 113 cm³/mol. The summed E-state index contributed by atoms with van der Waals surface area (Å²) in [6.45, 7) is -0.273. The molecule has 4 aliphatic rings. The van der Waals surface area contributed by atoms with Gasteiger partial charge in [0.15, 0.2) is 0 Å². The minimum Gasteiger partial charge on any atom is -0.478 e. The van der Waals surface area contributed by atoms with E-state index < -0.39 is 22.8 Å². The average molecular weight is 442 g/mol. The van der Waals surface area contributed by atoms with Gasteiger partial charge in [-0.1, -0.05) is 68.9 Å². The summed E-state index contributed by atoms with van der Waals surface area (Å²) in [5.74, 6) is -2.93. The minimum absolute atomic E-state index is 0.0186. The van der Waals surface area contributed by atoms with Crippen LogP contribution in [-0.4, -0.2) is 40.9 Å². The molecule has 170 valence electrons. The Morgan fingerprint density at radius 3 is 1.44 bits per heavy atom. The molecular formula is C24H26O8. The number of hydrogen-bond acceptors (Lipinski definition) is 6. The molecule has 32 heavy (non-hydrogen) atoms. The molecule has 2 fully saturated rings. The average Bonchev–Trinajstić information content (AvgIpc) is 3.41. The van der Waals surface area contributed by atoms with Crippen LogP contribution in [0, 0.1) is 10.8 Å². The van der Waals surface area contributed by atoms with Crippen molar-refractivity contribution >= 4 is 23.9 Å². The van der Waals surface area contributed by atoms with E-state index in [-0.39, 0.29) is 29.9 Å². The highest BCUT2D eigenvalue weighted by molar-refractivity contribution is 5.94. The summed E-state index contributed by atoms with van der Waals surface area (Å²) in [4.78, 5) is 43.9. The van der Waals surface area contributed by atoms with Gasteiger partial charge in [-0.15, -0.1) is 0 Å². The van der Waals surface area contributed by atoms with Crippen molar-refractivity contribution in [2.45, 2.75) is 44.9 Å². The minimum atomic E-state index is -1.13. The number of carbonyl (C=O) groups excluding carboxylic acids is 2. The van der Waals surface area contributed by atoms with Gasteiger partial charge in [-0.2, -0.15) is 0 Å². The van der Waals surface area contributed by atoms with E-state index in [1.54, 1.807) is 24.3 Å². The maximum Gasteiger partial charge on any atom is 0.335 e. The lowest BCUT2D eigenvalue weighted by atomic mass is 9.86. The lowest BCUT2D eigenvalue weighted by Gasteiger charge is -2.24. The number of aromatic carboxylic acids is 2. The summed E-state index contributed by atoms with van der Waals surface area (Å²) >= 11 is 0. The Bertz CT molecular complexity index is 866. The van der Waals surface area contributed by atoms with Crippen molar-refractivity contribution in [1.29, 1.82) is 0 Å². The number of esters is 2. The van der Waals surface area contributed by atoms with E-state index >= 15 is 0 Å².